The van der Waals surface area contributed by atoms with E-state index < -0.39 is 0 Å². The fourth-order valence-corrected chi connectivity index (χ4v) is 7.58. The van der Waals surface area contributed by atoms with Crippen molar-refractivity contribution in [3.8, 4) is 11.4 Å². The Morgan fingerprint density at radius 3 is 2.23 bits per heavy atom. The topological polar surface area (TPSA) is 91.2 Å². The van der Waals surface area contributed by atoms with Crippen LogP contribution >= 0.6 is 11.6 Å². The molecule has 10 nitrogen and oxygen atoms in total. The lowest BCUT2D eigenvalue weighted by atomic mass is 9.94. The molecule has 0 aliphatic carbocycles. The van der Waals surface area contributed by atoms with E-state index in [9.17, 15) is 14.4 Å². The lowest BCUT2D eigenvalue weighted by Gasteiger charge is -2.34. The Labute approximate surface area is 282 Å². The first-order valence-corrected chi connectivity index (χ1v) is 17.0. The maximum atomic E-state index is 13.8. The van der Waals surface area contributed by atoms with Gasteiger partial charge in [-0.1, -0.05) is 17.7 Å². The van der Waals surface area contributed by atoms with Crippen LogP contribution in [0.2, 0.25) is 5.02 Å². The molecule has 250 valence electrons. The number of likely N-dealkylation sites (tertiary alicyclic amines) is 3. The summed E-state index contributed by atoms with van der Waals surface area (Å²) in [4.78, 5) is 47.6. The van der Waals surface area contributed by atoms with Crippen LogP contribution in [0.15, 0.2) is 48.5 Å². The molecule has 0 spiro atoms. The molecule has 3 amide bonds. The van der Waals surface area contributed by atoms with Crippen LogP contribution in [0.4, 0.5) is 5.69 Å². The van der Waals surface area contributed by atoms with Crippen molar-refractivity contribution in [1.29, 1.82) is 0 Å². The van der Waals surface area contributed by atoms with Gasteiger partial charge in [0.25, 0.3) is 5.91 Å². The predicted octanol–water partition coefficient (Wildman–Crippen LogP) is 4.84. The van der Waals surface area contributed by atoms with Gasteiger partial charge in [-0.15, -0.1) is 0 Å². The maximum absolute atomic E-state index is 13.8. The third-order valence-corrected chi connectivity index (χ3v) is 10.5. The second kappa shape index (κ2) is 14.1. The van der Waals surface area contributed by atoms with Gasteiger partial charge in [0, 0.05) is 69.4 Å². The summed E-state index contributed by atoms with van der Waals surface area (Å²) < 4.78 is 7.02. The third-order valence-electron chi connectivity index (χ3n) is 10.1. The minimum Gasteiger partial charge on any atom is -0.497 e. The average Bonchev–Trinajstić information content (AvgIpc) is 3.77. The minimum atomic E-state index is -0.106. The van der Waals surface area contributed by atoms with E-state index in [1.807, 2.05) is 77.1 Å². The zero-order chi connectivity index (χ0) is 33.2. The van der Waals surface area contributed by atoms with E-state index in [0.717, 1.165) is 67.5 Å². The van der Waals surface area contributed by atoms with Gasteiger partial charge in [-0.3, -0.25) is 14.4 Å². The molecular formula is C36H45ClN6O4. The van der Waals surface area contributed by atoms with Gasteiger partial charge < -0.3 is 24.3 Å². The number of ether oxygens (including phenoxy) is 1. The number of aromatic nitrogens is 2. The largest absolute Gasteiger partial charge is 0.497 e. The van der Waals surface area contributed by atoms with Gasteiger partial charge in [0.05, 0.1) is 18.5 Å². The molecule has 11 heteroatoms. The highest BCUT2D eigenvalue weighted by molar-refractivity contribution is 6.31. The van der Waals surface area contributed by atoms with Crippen molar-refractivity contribution < 1.29 is 19.1 Å². The van der Waals surface area contributed by atoms with Gasteiger partial charge in [0.1, 0.15) is 11.4 Å². The second-order valence-corrected chi connectivity index (χ2v) is 13.7. The summed E-state index contributed by atoms with van der Waals surface area (Å²) in [5.74, 6) is 1.70. The number of anilines is 1. The van der Waals surface area contributed by atoms with Gasteiger partial charge in [-0.25, -0.2) is 4.68 Å². The molecule has 1 aromatic heterocycles. The van der Waals surface area contributed by atoms with Crippen LogP contribution in [0.5, 0.6) is 5.75 Å². The lowest BCUT2D eigenvalue weighted by molar-refractivity contribution is -0.133. The Morgan fingerprint density at radius 2 is 1.62 bits per heavy atom. The van der Waals surface area contributed by atoms with Crippen molar-refractivity contribution in [3.05, 3.63) is 70.5 Å². The van der Waals surface area contributed by atoms with Crippen molar-refractivity contribution in [3.63, 3.8) is 0 Å². The quantitative estimate of drug-likeness (QED) is 0.327. The van der Waals surface area contributed by atoms with Crippen LogP contribution in [-0.2, 0) is 9.59 Å². The molecule has 6 rings (SSSR count). The smallest absolute Gasteiger partial charge is 0.272 e. The molecule has 3 saturated heterocycles. The number of piperidine rings is 1. The molecule has 47 heavy (non-hydrogen) atoms. The number of hydrogen-bond acceptors (Lipinski definition) is 6. The first-order chi connectivity index (χ1) is 22.6. The van der Waals surface area contributed by atoms with E-state index >= 15 is 0 Å². The highest BCUT2D eigenvalue weighted by Gasteiger charge is 2.42. The number of rotatable bonds is 9. The number of fused-ring (bicyclic) bond motifs is 1. The lowest BCUT2D eigenvalue weighted by Crippen LogP contribution is -2.44. The first kappa shape index (κ1) is 33.0. The first-order valence-electron chi connectivity index (χ1n) is 16.7. The van der Waals surface area contributed by atoms with E-state index in [2.05, 4.69) is 10.00 Å². The van der Waals surface area contributed by atoms with E-state index in [4.69, 9.17) is 16.3 Å². The van der Waals surface area contributed by atoms with Crippen LogP contribution in [0, 0.1) is 31.6 Å². The molecule has 0 N–H and O–H groups in total. The molecule has 3 fully saturated rings. The SMILES string of the molecule is COc1ccc(-n2nc(C)cc2C(=O)N2CC3CN(CCCN(C(=O)C4CCN(C(C)=O)CC4)c4ccc(C)c(Cl)c4)CC3C2)cc1. The van der Waals surface area contributed by atoms with E-state index in [0.29, 0.717) is 55.0 Å². The number of nitrogens with zero attached hydrogens (tertiary/aromatic N) is 6. The van der Waals surface area contributed by atoms with Crippen molar-refractivity contribution in [2.45, 2.75) is 40.0 Å². The maximum Gasteiger partial charge on any atom is 0.272 e. The molecule has 2 aromatic carbocycles. The third kappa shape index (κ3) is 7.18. The number of aryl methyl sites for hydroxylation is 2. The molecule has 3 aliphatic heterocycles. The van der Waals surface area contributed by atoms with Gasteiger partial charge in [-0.2, -0.15) is 5.10 Å². The van der Waals surface area contributed by atoms with Gasteiger partial charge in [-0.05, 0) is 99.5 Å². The minimum absolute atomic E-state index is 0.0161. The zero-order valence-electron chi connectivity index (χ0n) is 27.8. The Kier molecular flexibility index (Phi) is 9.89. The number of hydrogen-bond donors (Lipinski definition) is 0. The monoisotopic (exact) mass is 660 g/mol. The van der Waals surface area contributed by atoms with Crippen LogP contribution in [-0.4, -0.2) is 102 Å². The summed E-state index contributed by atoms with van der Waals surface area (Å²) in [7, 11) is 1.63. The van der Waals surface area contributed by atoms with Crippen LogP contribution in [0.3, 0.4) is 0 Å². The second-order valence-electron chi connectivity index (χ2n) is 13.3. The van der Waals surface area contributed by atoms with Gasteiger partial charge in [0.2, 0.25) is 11.8 Å². The predicted molar refractivity (Wildman–Crippen MR) is 182 cm³/mol. The highest BCUT2D eigenvalue weighted by atomic mass is 35.5. The van der Waals surface area contributed by atoms with E-state index in [1.54, 1.807) is 18.7 Å². The van der Waals surface area contributed by atoms with Gasteiger partial charge >= 0.3 is 0 Å². The zero-order valence-corrected chi connectivity index (χ0v) is 28.6. The molecule has 0 bridgehead atoms. The molecule has 0 radical (unpaired) electrons. The van der Waals surface area contributed by atoms with Crippen LogP contribution < -0.4 is 9.64 Å². The number of methoxy groups -OCH3 is 1. The fraction of sp³-hybridized carbons (Fsp3) is 0.500. The number of amides is 3. The molecular weight excluding hydrogens is 616 g/mol. The van der Waals surface area contributed by atoms with Crippen molar-refractivity contribution in [2.24, 2.45) is 17.8 Å². The van der Waals surface area contributed by atoms with Crippen LogP contribution in [0.1, 0.15) is 47.9 Å². The van der Waals surface area contributed by atoms with E-state index in [1.165, 1.54) is 0 Å². The normalized spacial score (nSPS) is 20.0. The fourth-order valence-electron chi connectivity index (χ4n) is 7.40. The van der Waals surface area contributed by atoms with Crippen molar-refractivity contribution >= 4 is 35.0 Å². The summed E-state index contributed by atoms with van der Waals surface area (Å²) >= 11 is 6.49. The molecule has 0 saturated carbocycles. The Morgan fingerprint density at radius 1 is 0.936 bits per heavy atom. The number of carbonyl (C=O) groups excluding carboxylic acids is 3. The summed E-state index contributed by atoms with van der Waals surface area (Å²) in [6, 6.07) is 15.3. The summed E-state index contributed by atoms with van der Waals surface area (Å²) in [6.45, 7) is 11.5. The summed E-state index contributed by atoms with van der Waals surface area (Å²) in [5, 5.41) is 5.27. The number of carbonyl (C=O) groups is 3. The molecule has 3 aromatic rings. The Hall–Kier alpha value is -3.89. The highest BCUT2D eigenvalue weighted by Crippen LogP contribution is 2.33. The standard InChI is InChI=1S/C36H45ClN6O4/c1-24-6-7-31(19-33(24)37)42(35(45)27-12-16-40(17-13-27)26(3)44)15-5-14-39-20-28-22-41(23-29(28)21-39)36(46)34-18-25(2)38-43(34)30-8-10-32(47-4)11-9-30/h6-11,18-19,27-29H,5,12-17,20-23H2,1-4H3. The van der Waals surface area contributed by atoms with Crippen LogP contribution in [0.25, 0.3) is 5.69 Å². The molecule has 2 unspecified atom stereocenters. The number of benzene rings is 2. The molecule has 4 heterocycles. The Balaban J connectivity index is 1.05. The molecule has 2 atom stereocenters. The van der Waals surface area contributed by atoms with Gasteiger partial charge in [0.15, 0.2) is 0 Å². The van der Waals surface area contributed by atoms with Crippen molar-refractivity contribution in [2.75, 3.05) is 64.4 Å². The summed E-state index contributed by atoms with van der Waals surface area (Å²) in [5.41, 5.74) is 4.02. The van der Waals surface area contributed by atoms with E-state index in [-0.39, 0.29) is 23.6 Å². The number of halogens is 1. The summed E-state index contributed by atoms with van der Waals surface area (Å²) in [6.07, 6.45) is 2.20. The van der Waals surface area contributed by atoms with Crippen molar-refractivity contribution in [1.82, 2.24) is 24.5 Å². The Bertz CT molecular complexity index is 1600. The molecule has 3 aliphatic rings. The average molecular weight is 661 g/mol.